The van der Waals surface area contributed by atoms with E-state index < -0.39 is 0 Å². The smallest absolute Gasteiger partial charge is 0.202 e. The molecule has 4 aliphatic carbocycles. The highest BCUT2D eigenvalue weighted by Gasteiger charge is 2.60. The zero-order valence-corrected chi connectivity index (χ0v) is 15.6. The summed E-state index contributed by atoms with van der Waals surface area (Å²) in [5, 5.41) is 8.75. The Labute approximate surface area is 157 Å². The molecule has 3 aromatic rings. The van der Waals surface area contributed by atoms with Crippen LogP contribution in [0.4, 0.5) is 0 Å². The van der Waals surface area contributed by atoms with Gasteiger partial charge < -0.3 is 9.09 Å². The lowest BCUT2D eigenvalue weighted by atomic mass is 9.49. The number of aromatic nitrogens is 6. The number of rotatable bonds is 4. The first-order chi connectivity index (χ1) is 13.2. The molecular formula is C20H24N6O. The fourth-order valence-electron chi connectivity index (χ4n) is 6.62. The summed E-state index contributed by atoms with van der Waals surface area (Å²) in [5.74, 6) is 3.18. The van der Waals surface area contributed by atoms with Crippen LogP contribution in [-0.4, -0.2) is 29.5 Å². The first-order valence-corrected chi connectivity index (χ1v) is 10.0. The molecule has 3 heterocycles. The summed E-state index contributed by atoms with van der Waals surface area (Å²) in [4.78, 5) is 8.92. The largest absolute Gasteiger partial charge is 0.353 e. The van der Waals surface area contributed by atoms with Crippen LogP contribution in [0.15, 0.2) is 35.6 Å². The molecule has 4 aliphatic rings. The predicted octanol–water partition coefficient (Wildman–Crippen LogP) is 3.40. The lowest BCUT2D eigenvalue weighted by Gasteiger charge is -2.62. The Balaban J connectivity index is 1.46. The van der Waals surface area contributed by atoms with Gasteiger partial charge in [-0.25, -0.2) is 14.6 Å². The zero-order chi connectivity index (χ0) is 18.1. The molecule has 0 saturated heterocycles. The van der Waals surface area contributed by atoms with E-state index in [9.17, 15) is 0 Å². The fraction of sp³-hybridized carbons (Fsp3) is 0.600. The minimum atomic E-state index is 0.0844. The second-order valence-corrected chi connectivity index (χ2v) is 8.91. The normalized spacial score (nSPS) is 34.4. The molecule has 140 valence electrons. The lowest BCUT2D eigenvalue weighted by Crippen LogP contribution is -2.60. The van der Waals surface area contributed by atoms with E-state index >= 15 is 0 Å². The van der Waals surface area contributed by atoms with Crippen molar-refractivity contribution in [1.82, 2.24) is 29.5 Å². The van der Waals surface area contributed by atoms with E-state index in [1.165, 1.54) is 32.1 Å². The van der Waals surface area contributed by atoms with Gasteiger partial charge in [-0.15, -0.1) is 0 Å². The van der Waals surface area contributed by atoms with Crippen molar-refractivity contribution < 1.29 is 4.52 Å². The minimum Gasteiger partial charge on any atom is -0.353 e. The van der Waals surface area contributed by atoms with Crippen molar-refractivity contribution in [2.45, 2.75) is 62.9 Å². The van der Waals surface area contributed by atoms with E-state index in [-0.39, 0.29) is 11.1 Å². The van der Waals surface area contributed by atoms with E-state index in [2.05, 4.69) is 42.6 Å². The maximum absolute atomic E-state index is 5.64. The summed E-state index contributed by atoms with van der Waals surface area (Å²) < 4.78 is 10.2. The van der Waals surface area contributed by atoms with Crippen LogP contribution < -0.4 is 0 Å². The maximum Gasteiger partial charge on any atom is 0.202 e. The molecule has 7 rings (SSSR count). The van der Waals surface area contributed by atoms with Gasteiger partial charge in [-0.2, -0.15) is 5.10 Å². The lowest BCUT2D eigenvalue weighted by molar-refractivity contribution is -0.0969. The van der Waals surface area contributed by atoms with Crippen LogP contribution in [0.25, 0.3) is 11.6 Å². The summed E-state index contributed by atoms with van der Waals surface area (Å²) in [6, 6.07) is 2.03. The molecule has 3 aromatic heterocycles. The van der Waals surface area contributed by atoms with Crippen molar-refractivity contribution in [3.8, 4) is 11.6 Å². The summed E-state index contributed by atoms with van der Waals surface area (Å²) in [6.07, 6.45) is 15.8. The first kappa shape index (κ1) is 15.6. The van der Waals surface area contributed by atoms with Crippen molar-refractivity contribution in [2.75, 3.05) is 0 Å². The Bertz CT molecular complexity index is 956. The number of hydrogen-bond donors (Lipinski definition) is 0. The van der Waals surface area contributed by atoms with Gasteiger partial charge in [0.1, 0.15) is 12.7 Å². The van der Waals surface area contributed by atoms with Crippen LogP contribution >= 0.6 is 0 Å². The van der Waals surface area contributed by atoms with E-state index in [4.69, 9.17) is 4.52 Å². The third-order valence-electron chi connectivity index (χ3n) is 7.20. The number of hydrogen-bond acceptors (Lipinski definition) is 5. The van der Waals surface area contributed by atoms with Crippen LogP contribution in [0, 0.1) is 11.8 Å². The van der Waals surface area contributed by atoms with Crippen molar-refractivity contribution in [2.24, 2.45) is 11.8 Å². The SMILES string of the molecule is CCc1cc(-c2nccn2C23CC4CC(CC(n5cncn5)(C4)C2)C3)on1. The number of imidazole rings is 1. The topological polar surface area (TPSA) is 74.6 Å². The van der Waals surface area contributed by atoms with Gasteiger partial charge in [-0.3, -0.25) is 0 Å². The highest BCUT2D eigenvalue weighted by molar-refractivity contribution is 5.48. The third-order valence-corrected chi connectivity index (χ3v) is 7.20. The van der Waals surface area contributed by atoms with Crippen LogP contribution in [-0.2, 0) is 17.5 Å². The Morgan fingerprint density at radius 3 is 2.70 bits per heavy atom. The molecule has 0 aliphatic heterocycles. The van der Waals surface area contributed by atoms with Crippen LogP contribution in [0.5, 0.6) is 0 Å². The Kier molecular flexibility index (Phi) is 3.06. The van der Waals surface area contributed by atoms with Gasteiger partial charge in [-0.1, -0.05) is 12.1 Å². The molecule has 2 atom stereocenters. The molecule has 4 saturated carbocycles. The average Bonchev–Trinajstić information content (AvgIpc) is 3.40. The van der Waals surface area contributed by atoms with Gasteiger partial charge in [0, 0.05) is 24.0 Å². The molecule has 4 fully saturated rings. The minimum absolute atomic E-state index is 0.0844. The van der Waals surface area contributed by atoms with Crippen molar-refractivity contribution >= 4 is 0 Å². The monoisotopic (exact) mass is 364 g/mol. The third kappa shape index (κ3) is 2.14. The van der Waals surface area contributed by atoms with E-state index in [0.29, 0.717) is 0 Å². The number of aryl methyl sites for hydroxylation is 1. The van der Waals surface area contributed by atoms with E-state index in [1.54, 1.807) is 6.33 Å². The van der Waals surface area contributed by atoms with Gasteiger partial charge in [0.05, 0.1) is 11.2 Å². The first-order valence-electron chi connectivity index (χ1n) is 10.0. The van der Waals surface area contributed by atoms with Crippen molar-refractivity contribution in [3.63, 3.8) is 0 Å². The average molecular weight is 364 g/mol. The Morgan fingerprint density at radius 2 is 2.00 bits per heavy atom. The zero-order valence-electron chi connectivity index (χ0n) is 15.6. The predicted molar refractivity (Wildman–Crippen MR) is 97.8 cm³/mol. The quantitative estimate of drug-likeness (QED) is 0.709. The van der Waals surface area contributed by atoms with Gasteiger partial charge in [0.2, 0.25) is 5.76 Å². The summed E-state index contributed by atoms with van der Waals surface area (Å²) in [6.45, 7) is 2.09. The standard InChI is InChI=1S/C20H24N6O/c1-2-16-6-17(27-24-16)18-22-3-4-25(18)19-7-14-5-15(8-19)10-20(9-14,11-19)26-13-21-12-23-26/h3-4,6,12-15H,2,5,7-11H2,1H3. The molecule has 7 nitrogen and oxygen atoms in total. The molecule has 2 unspecified atom stereocenters. The Morgan fingerprint density at radius 1 is 1.19 bits per heavy atom. The number of nitrogens with zero attached hydrogens (tertiary/aromatic N) is 6. The molecule has 0 spiro atoms. The molecule has 0 aromatic carbocycles. The molecule has 0 N–H and O–H groups in total. The molecule has 0 radical (unpaired) electrons. The Hall–Kier alpha value is -2.44. The van der Waals surface area contributed by atoms with Crippen LogP contribution in [0.1, 0.15) is 51.1 Å². The van der Waals surface area contributed by atoms with Crippen LogP contribution in [0.3, 0.4) is 0 Å². The van der Waals surface area contributed by atoms with Gasteiger partial charge in [0.25, 0.3) is 0 Å². The highest BCUT2D eigenvalue weighted by atomic mass is 16.5. The van der Waals surface area contributed by atoms with Crippen molar-refractivity contribution in [1.29, 1.82) is 0 Å². The van der Waals surface area contributed by atoms with Crippen molar-refractivity contribution in [3.05, 3.63) is 36.8 Å². The summed E-state index contributed by atoms with van der Waals surface area (Å²) in [7, 11) is 0. The highest BCUT2D eigenvalue weighted by Crippen LogP contribution is 2.63. The van der Waals surface area contributed by atoms with Gasteiger partial charge in [0.15, 0.2) is 5.82 Å². The van der Waals surface area contributed by atoms with Gasteiger partial charge >= 0.3 is 0 Å². The fourth-order valence-corrected chi connectivity index (χ4v) is 6.62. The summed E-state index contributed by atoms with van der Waals surface area (Å²) in [5.41, 5.74) is 1.16. The second kappa shape index (κ2) is 5.30. The second-order valence-electron chi connectivity index (χ2n) is 8.91. The molecule has 4 bridgehead atoms. The van der Waals surface area contributed by atoms with Crippen LogP contribution in [0.2, 0.25) is 0 Å². The molecule has 27 heavy (non-hydrogen) atoms. The molecule has 7 heteroatoms. The van der Waals surface area contributed by atoms with E-state index in [1.807, 2.05) is 18.6 Å². The molecular weight excluding hydrogens is 340 g/mol. The van der Waals surface area contributed by atoms with Gasteiger partial charge in [-0.05, 0) is 56.8 Å². The van der Waals surface area contributed by atoms with E-state index in [0.717, 1.165) is 42.0 Å². The maximum atomic E-state index is 5.64. The summed E-state index contributed by atoms with van der Waals surface area (Å²) >= 11 is 0. The molecule has 0 amide bonds.